The average molecular weight is 304 g/mol. The highest BCUT2D eigenvalue weighted by Gasteiger charge is 2.60. The van der Waals surface area contributed by atoms with Gasteiger partial charge in [-0.2, -0.15) is 0 Å². The lowest BCUT2D eigenvalue weighted by molar-refractivity contribution is 0.103. The van der Waals surface area contributed by atoms with Crippen LogP contribution in [-0.2, 0) is 4.74 Å². The Hall–Kier alpha value is -1.29. The van der Waals surface area contributed by atoms with Crippen LogP contribution < -0.4 is 0 Å². The van der Waals surface area contributed by atoms with Crippen molar-refractivity contribution >= 4 is 6.09 Å². The van der Waals surface area contributed by atoms with Gasteiger partial charge in [0.05, 0.1) is 12.6 Å². The molecule has 1 saturated carbocycles. The first kappa shape index (κ1) is 15.6. The van der Waals surface area contributed by atoms with E-state index in [-0.39, 0.29) is 12.1 Å². The third-order valence-electron chi connectivity index (χ3n) is 5.53. The molecule has 3 unspecified atom stereocenters. The van der Waals surface area contributed by atoms with Crippen LogP contribution in [0, 0.1) is 11.3 Å². The van der Waals surface area contributed by atoms with E-state index in [1.807, 2.05) is 14.0 Å². The Morgan fingerprint density at radius 3 is 2.91 bits per heavy atom. The number of hydrogen-bond donors (Lipinski definition) is 0. The van der Waals surface area contributed by atoms with Crippen LogP contribution in [0.5, 0.6) is 0 Å². The van der Waals surface area contributed by atoms with Gasteiger partial charge >= 0.3 is 6.09 Å². The molecular weight excluding hydrogens is 276 g/mol. The second kappa shape index (κ2) is 6.07. The molecule has 4 heteroatoms. The van der Waals surface area contributed by atoms with Crippen LogP contribution in [0.1, 0.15) is 33.1 Å². The quantitative estimate of drug-likeness (QED) is 0.782. The predicted molar refractivity (Wildman–Crippen MR) is 87.7 cm³/mol. The molecular formula is C18H28N2O2. The number of likely N-dealkylation sites (N-methyl/N-ethyl adjacent to an activating group) is 1. The molecule has 3 aliphatic rings. The second-order valence-electron chi connectivity index (χ2n) is 6.93. The van der Waals surface area contributed by atoms with Crippen LogP contribution in [0.15, 0.2) is 23.8 Å². The van der Waals surface area contributed by atoms with Crippen molar-refractivity contribution in [2.45, 2.75) is 39.2 Å². The van der Waals surface area contributed by atoms with Crippen molar-refractivity contribution in [3.8, 4) is 0 Å². The van der Waals surface area contributed by atoms with Gasteiger partial charge in [0.25, 0.3) is 0 Å². The van der Waals surface area contributed by atoms with Crippen molar-refractivity contribution in [3.63, 3.8) is 0 Å². The molecule has 4 nitrogen and oxygen atoms in total. The van der Waals surface area contributed by atoms with Crippen molar-refractivity contribution in [2.75, 3.05) is 33.3 Å². The standard InChI is InChI=1S/C18H28N2O2/c1-4-10-22-17(21)19(3)16-8-6-14(7-9-16)18-11-15(18)12-20(5-2)13-18/h6-8,15-16H,4-5,9-13H2,1-3H3. The Balaban J connectivity index is 1.57. The molecule has 0 spiro atoms. The molecule has 3 atom stereocenters. The summed E-state index contributed by atoms with van der Waals surface area (Å²) >= 11 is 0. The normalized spacial score (nSPS) is 33.3. The zero-order valence-corrected chi connectivity index (χ0v) is 14.0. The summed E-state index contributed by atoms with van der Waals surface area (Å²) in [5.74, 6) is 0.854. The Labute approximate surface area is 133 Å². The van der Waals surface area contributed by atoms with Crippen molar-refractivity contribution in [1.82, 2.24) is 9.80 Å². The first-order valence-corrected chi connectivity index (χ1v) is 8.61. The number of hydrogen-bond acceptors (Lipinski definition) is 3. The fourth-order valence-electron chi connectivity index (χ4n) is 3.97. The third kappa shape index (κ3) is 2.69. The molecule has 0 bridgehead atoms. The number of amides is 1. The predicted octanol–water partition coefficient (Wildman–Crippen LogP) is 3.06. The van der Waals surface area contributed by atoms with E-state index in [0.29, 0.717) is 12.0 Å². The van der Waals surface area contributed by atoms with E-state index in [9.17, 15) is 4.79 Å². The first-order chi connectivity index (χ1) is 10.6. The zero-order chi connectivity index (χ0) is 15.7. The monoisotopic (exact) mass is 304 g/mol. The van der Waals surface area contributed by atoms with E-state index in [0.717, 1.165) is 25.3 Å². The fourth-order valence-corrected chi connectivity index (χ4v) is 3.97. The van der Waals surface area contributed by atoms with E-state index in [4.69, 9.17) is 4.74 Å². The lowest BCUT2D eigenvalue weighted by atomic mass is 9.89. The lowest BCUT2D eigenvalue weighted by Crippen LogP contribution is -2.37. The maximum atomic E-state index is 11.9. The molecule has 0 aromatic carbocycles. The van der Waals surface area contributed by atoms with E-state index < -0.39 is 0 Å². The largest absolute Gasteiger partial charge is 0.449 e. The molecule has 0 radical (unpaired) electrons. The highest BCUT2D eigenvalue weighted by molar-refractivity contribution is 5.68. The number of carbonyl (C=O) groups excluding carboxylic acids is 1. The Morgan fingerprint density at radius 1 is 1.50 bits per heavy atom. The first-order valence-electron chi connectivity index (χ1n) is 8.61. The van der Waals surface area contributed by atoms with E-state index in [1.165, 1.54) is 25.1 Å². The molecule has 0 aromatic heterocycles. The maximum Gasteiger partial charge on any atom is 0.410 e. The summed E-state index contributed by atoms with van der Waals surface area (Å²) in [6.07, 6.45) is 9.70. The minimum absolute atomic E-state index is 0.130. The number of ether oxygens (including phenoxy) is 1. The van der Waals surface area contributed by atoms with Gasteiger partial charge in [0.15, 0.2) is 0 Å². The molecule has 2 fully saturated rings. The number of nitrogens with zero attached hydrogens (tertiary/aromatic N) is 2. The van der Waals surface area contributed by atoms with Gasteiger partial charge in [-0.3, -0.25) is 0 Å². The summed E-state index contributed by atoms with van der Waals surface area (Å²) in [6.45, 7) is 8.38. The molecule has 122 valence electrons. The summed E-state index contributed by atoms with van der Waals surface area (Å²) in [4.78, 5) is 16.2. The number of likely N-dealkylation sites (tertiary alicyclic amines) is 1. The minimum atomic E-state index is -0.214. The van der Waals surface area contributed by atoms with Crippen LogP contribution in [0.2, 0.25) is 0 Å². The van der Waals surface area contributed by atoms with Gasteiger partial charge in [-0.25, -0.2) is 4.79 Å². The SMILES string of the molecule is CCCOC(=O)N(C)C1C=CC(C23CC2CN(CC)C3)=CC1. The molecule has 1 saturated heterocycles. The van der Waals surface area contributed by atoms with E-state index >= 15 is 0 Å². The Morgan fingerprint density at radius 2 is 2.32 bits per heavy atom. The molecule has 1 amide bonds. The number of allylic oxidation sites excluding steroid dienone is 1. The molecule has 1 aliphatic heterocycles. The van der Waals surface area contributed by atoms with Crippen molar-refractivity contribution < 1.29 is 9.53 Å². The van der Waals surface area contributed by atoms with Crippen LogP contribution in [0.3, 0.4) is 0 Å². The molecule has 2 aliphatic carbocycles. The molecule has 0 aromatic rings. The Bertz CT molecular complexity index is 499. The molecule has 3 rings (SSSR count). The summed E-state index contributed by atoms with van der Waals surface area (Å²) in [5.41, 5.74) is 1.93. The van der Waals surface area contributed by atoms with Crippen LogP contribution in [0.25, 0.3) is 0 Å². The maximum absolute atomic E-state index is 11.9. The number of carbonyl (C=O) groups is 1. The number of piperidine rings is 1. The molecule has 1 heterocycles. The van der Waals surface area contributed by atoms with Gasteiger partial charge in [0.1, 0.15) is 0 Å². The third-order valence-corrected chi connectivity index (χ3v) is 5.53. The zero-order valence-electron chi connectivity index (χ0n) is 14.0. The summed E-state index contributed by atoms with van der Waals surface area (Å²) in [5, 5.41) is 0. The van der Waals surface area contributed by atoms with Crippen LogP contribution >= 0.6 is 0 Å². The van der Waals surface area contributed by atoms with Gasteiger partial charge in [-0.05, 0) is 37.3 Å². The average Bonchev–Trinajstić information content (AvgIpc) is 3.13. The van der Waals surface area contributed by atoms with Gasteiger partial charge in [-0.15, -0.1) is 0 Å². The molecule has 0 N–H and O–H groups in total. The highest BCUT2D eigenvalue weighted by atomic mass is 16.6. The number of fused-ring (bicyclic) bond motifs is 1. The van der Waals surface area contributed by atoms with Crippen molar-refractivity contribution in [1.29, 1.82) is 0 Å². The second-order valence-corrected chi connectivity index (χ2v) is 6.93. The minimum Gasteiger partial charge on any atom is -0.449 e. The summed E-state index contributed by atoms with van der Waals surface area (Å²) < 4.78 is 5.22. The lowest BCUT2D eigenvalue weighted by Gasteiger charge is -2.28. The van der Waals surface area contributed by atoms with Gasteiger partial charge in [0.2, 0.25) is 0 Å². The van der Waals surface area contributed by atoms with Crippen molar-refractivity contribution in [2.24, 2.45) is 11.3 Å². The fraction of sp³-hybridized carbons (Fsp3) is 0.722. The topological polar surface area (TPSA) is 32.8 Å². The van der Waals surface area contributed by atoms with Crippen LogP contribution in [0.4, 0.5) is 4.79 Å². The summed E-state index contributed by atoms with van der Waals surface area (Å²) in [6, 6.07) is 0.130. The van der Waals surface area contributed by atoms with Gasteiger partial charge in [0, 0.05) is 25.6 Å². The van der Waals surface area contributed by atoms with Gasteiger partial charge < -0.3 is 14.5 Å². The van der Waals surface area contributed by atoms with Crippen LogP contribution in [-0.4, -0.2) is 55.2 Å². The highest BCUT2D eigenvalue weighted by Crippen LogP contribution is 2.62. The summed E-state index contributed by atoms with van der Waals surface area (Å²) in [7, 11) is 1.83. The van der Waals surface area contributed by atoms with Crippen molar-refractivity contribution in [3.05, 3.63) is 23.8 Å². The van der Waals surface area contributed by atoms with E-state index in [2.05, 4.69) is 30.1 Å². The van der Waals surface area contributed by atoms with E-state index in [1.54, 1.807) is 4.90 Å². The Kier molecular flexibility index (Phi) is 4.31. The molecule has 22 heavy (non-hydrogen) atoms. The number of rotatable bonds is 5. The van der Waals surface area contributed by atoms with Gasteiger partial charge in [-0.1, -0.05) is 32.1 Å². The smallest absolute Gasteiger partial charge is 0.410 e.